The number of halogens is 3. The lowest BCUT2D eigenvalue weighted by molar-refractivity contribution is -0.116. The lowest BCUT2D eigenvalue weighted by Crippen LogP contribution is -2.32. The lowest BCUT2D eigenvalue weighted by atomic mass is 10.2. The summed E-state index contributed by atoms with van der Waals surface area (Å²) < 4.78 is 37.2. The number of nitrogens with zero attached hydrogens (tertiary/aromatic N) is 3. The van der Waals surface area contributed by atoms with Crippen molar-refractivity contribution >= 4 is 35.2 Å². The van der Waals surface area contributed by atoms with Gasteiger partial charge in [-0.05, 0) is 53.7 Å². The minimum Gasteiger partial charge on any atom is -0.382 e. The largest absolute Gasteiger partial charge is 0.446 e. The van der Waals surface area contributed by atoms with Crippen LogP contribution in [0.1, 0.15) is 11.3 Å². The van der Waals surface area contributed by atoms with Gasteiger partial charge in [-0.2, -0.15) is 13.2 Å². The summed E-state index contributed by atoms with van der Waals surface area (Å²) >= 11 is -0.273. The highest BCUT2D eigenvalue weighted by molar-refractivity contribution is 8.00. The van der Waals surface area contributed by atoms with Gasteiger partial charge in [0.15, 0.2) is 0 Å². The summed E-state index contributed by atoms with van der Waals surface area (Å²) in [6.07, 6.45) is 1.45. The predicted molar refractivity (Wildman–Crippen MR) is 96.9 cm³/mol. The van der Waals surface area contributed by atoms with E-state index in [1.165, 1.54) is 35.4 Å². The van der Waals surface area contributed by atoms with E-state index >= 15 is 0 Å². The van der Waals surface area contributed by atoms with Gasteiger partial charge in [-0.25, -0.2) is 9.69 Å². The van der Waals surface area contributed by atoms with E-state index in [9.17, 15) is 22.8 Å². The van der Waals surface area contributed by atoms with Crippen molar-refractivity contribution in [2.45, 2.75) is 16.9 Å². The Balaban J connectivity index is 1.75. The number of rotatable bonds is 5. The third kappa shape index (κ3) is 4.42. The Morgan fingerprint density at radius 2 is 1.89 bits per heavy atom. The second kappa shape index (κ2) is 7.50. The Morgan fingerprint density at radius 1 is 1.21 bits per heavy atom. The highest BCUT2D eigenvalue weighted by atomic mass is 32.2. The molecular formula is C17H14F3N5O2S. The van der Waals surface area contributed by atoms with Crippen molar-refractivity contribution < 1.29 is 22.8 Å². The van der Waals surface area contributed by atoms with E-state index in [1.807, 2.05) is 0 Å². The smallest absolute Gasteiger partial charge is 0.382 e. The number of urea groups is 1. The van der Waals surface area contributed by atoms with Crippen LogP contribution in [-0.4, -0.2) is 39.7 Å². The molecule has 2 heterocycles. The number of benzene rings is 1. The van der Waals surface area contributed by atoms with Crippen LogP contribution in [-0.2, 0) is 11.3 Å². The van der Waals surface area contributed by atoms with Gasteiger partial charge in [-0.1, -0.05) is 0 Å². The van der Waals surface area contributed by atoms with Crippen molar-refractivity contribution in [2.24, 2.45) is 5.73 Å². The third-order valence-electron chi connectivity index (χ3n) is 3.84. The fourth-order valence-corrected chi connectivity index (χ4v) is 3.20. The summed E-state index contributed by atoms with van der Waals surface area (Å²) in [6.45, 7) is -0.0680. The number of nitrogens with one attached hydrogen (secondary N) is 1. The molecule has 28 heavy (non-hydrogen) atoms. The van der Waals surface area contributed by atoms with Crippen LogP contribution in [0.3, 0.4) is 0 Å². The number of carbonyl (C=O) groups excluding carboxylic acids is 2. The van der Waals surface area contributed by atoms with Crippen LogP contribution in [0.15, 0.2) is 47.5 Å². The van der Waals surface area contributed by atoms with Crippen LogP contribution in [0.25, 0.3) is 0 Å². The van der Waals surface area contributed by atoms with E-state index in [0.717, 1.165) is 4.90 Å². The molecule has 3 rings (SSSR count). The molecule has 3 N–H and O–H groups in total. The predicted octanol–water partition coefficient (Wildman–Crippen LogP) is 2.95. The highest BCUT2D eigenvalue weighted by Gasteiger charge is 2.37. The van der Waals surface area contributed by atoms with Crippen LogP contribution in [0.4, 0.5) is 23.7 Å². The fourth-order valence-electron chi connectivity index (χ4n) is 2.66. The number of alkyl halides is 3. The molecule has 0 aliphatic carbocycles. The number of imide groups is 1. The number of thioether (sulfide) groups is 1. The Hall–Kier alpha value is -3.08. The van der Waals surface area contributed by atoms with E-state index < -0.39 is 17.4 Å². The SMILES string of the molecule is N=C(N)c1cc(CN2CC(=O)N(c3ccc(SC(F)(F)F)cc3)C2=O)ccn1. The average molecular weight is 409 g/mol. The molecule has 1 saturated heterocycles. The molecule has 1 aliphatic rings. The van der Waals surface area contributed by atoms with Gasteiger partial charge < -0.3 is 10.6 Å². The van der Waals surface area contributed by atoms with Gasteiger partial charge in [0.2, 0.25) is 0 Å². The van der Waals surface area contributed by atoms with Crippen molar-refractivity contribution in [2.75, 3.05) is 11.4 Å². The number of amides is 3. The van der Waals surface area contributed by atoms with Crippen LogP contribution in [0.5, 0.6) is 0 Å². The van der Waals surface area contributed by atoms with Gasteiger partial charge in [-0.15, -0.1) is 0 Å². The lowest BCUT2D eigenvalue weighted by Gasteiger charge is -2.17. The Morgan fingerprint density at radius 3 is 2.50 bits per heavy atom. The van der Waals surface area contributed by atoms with Gasteiger partial charge in [0.05, 0.1) is 5.69 Å². The zero-order valence-corrected chi connectivity index (χ0v) is 15.0. The zero-order valence-electron chi connectivity index (χ0n) is 14.2. The van der Waals surface area contributed by atoms with Crippen LogP contribution >= 0.6 is 11.8 Å². The first-order valence-electron chi connectivity index (χ1n) is 7.91. The summed E-state index contributed by atoms with van der Waals surface area (Å²) in [5.41, 5.74) is 2.07. The van der Waals surface area contributed by atoms with Crippen molar-refractivity contribution in [1.82, 2.24) is 9.88 Å². The number of carbonyl (C=O) groups is 2. The van der Waals surface area contributed by atoms with E-state index in [1.54, 1.807) is 12.1 Å². The maximum atomic E-state index is 12.6. The molecule has 7 nitrogen and oxygen atoms in total. The van der Waals surface area contributed by atoms with Crippen LogP contribution in [0, 0.1) is 5.41 Å². The third-order valence-corrected chi connectivity index (χ3v) is 4.58. The van der Waals surface area contributed by atoms with Gasteiger partial charge >= 0.3 is 11.5 Å². The molecule has 0 saturated carbocycles. The Kier molecular flexibility index (Phi) is 5.27. The molecule has 3 amide bonds. The Bertz CT molecular complexity index is 933. The number of hydrogen-bond donors (Lipinski definition) is 2. The molecule has 1 aliphatic heterocycles. The van der Waals surface area contributed by atoms with E-state index in [2.05, 4.69) is 4.98 Å². The summed E-state index contributed by atoms with van der Waals surface area (Å²) in [7, 11) is 0. The number of amidine groups is 1. The molecule has 1 fully saturated rings. The van der Waals surface area contributed by atoms with E-state index in [4.69, 9.17) is 11.1 Å². The summed E-state index contributed by atoms with van der Waals surface area (Å²) in [6, 6.07) is 7.61. The minimum absolute atomic E-state index is 0.0410. The van der Waals surface area contributed by atoms with Gasteiger partial charge in [-0.3, -0.25) is 15.2 Å². The molecular weight excluding hydrogens is 395 g/mol. The minimum atomic E-state index is -4.42. The molecule has 146 valence electrons. The second-order valence-electron chi connectivity index (χ2n) is 5.87. The second-order valence-corrected chi connectivity index (χ2v) is 7.01. The van der Waals surface area contributed by atoms with Crippen molar-refractivity contribution in [3.63, 3.8) is 0 Å². The summed E-state index contributed by atoms with van der Waals surface area (Å²) in [5.74, 6) is -0.703. The standard InChI is InChI=1S/C17H14F3N5O2S/c18-17(19,20)28-12-3-1-11(2-4-12)25-14(26)9-24(16(25)27)8-10-5-6-23-13(7-10)15(21)22/h1-7H,8-9H2,(H3,21,22). The van der Waals surface area contributed by atoms with Crippen LogP contribution < -0.4 is 10.6 Å². The molecule has 0 bridgehead atoms. The monoisotopic (exact) mass is 409 g/mol. The van der Waals surface area contributed by atoms with Crippen molar-refractivity contribution in [3.8, 4) is 0 Å². The molecule has 1 aromatic carbocycles. The highest BCUT2D eigenvalue weighted by Crippen LogP contribution is 2.37. The molecule has 0 atom stereocenters. The first-order chi connectivity index (χ1) is 13.1. The van der Waals surface area contributed by atoms with Crippen LogP contribution in [0.2, 0.25) is 0 Å². The maximum absolute atomic E-state index is 12.6. The quantitative estimate of drug-likeness (QED) is 0.342. The molecule has 0 spiro atoms. The fraction of sp³-hybridized carbons (Fsp3) is 0.176. The number of pyridine rings is 1. The van der Waals surface area contributed by atoms with Gasteiger partial charge in [0.25, 0.3) is 5.91 Å². The zero-order chi connectivity index (χ0) is 20.5. The maximum Gasteiger partial charge on any atom is 0.446 e. The molecule has 1 aromatic heterocycles. The van der Waals surface area contributed by atoms with Gasteiger partial charge in [0, 0.05) is 17.6 Å². The number of nitrogens with two attached hydrogens (primary N) is 1. The molecule has 11 heteroatoms. The van der Waals surface area contributed by atoms with E-state index in [-0.39, 0.29) is 47.0 Å². The molecule has 0 unspecified atom stereocenters. The molecule has 0 radical (unpaired) electrons. The number of hydrogen-bond acceptors (Lipinski definition) is 5. The average Bonchev–Trinajstić information content (AvgIpc) is 2.88. The van der Waals surface area contributed by atoms with E-state index in [0.29, 0.717) is 5.56 Å². The topological polar surface area (TPSA) is 103 Å². The summed E-state index contributed by atoms with van der Waals surface area (Å²) in [4.78, 5) is 31.0. The number of aromatic nitrogens is 1. The normalized spacial score (nSPS) is 14.7. The summed E-state index contributed by atoms with van der Waals surface area (Å²) in [5, 5.41) is 7.40. The van der Waals surface area contributed by atoms with Crippen molar-refractivity contribution in [1.29, 1.82) is 5.41 Å². The first kappa shape index (κ1) is 19.7. The number of anilines is 1. The Labute approximate surface area is 161 Å². The van der Waals surface area contributed by atoms with Crippen molar-refractivity contribution in [3.05, 3.63) is 53.9 Å². The number of nitrogen functional groups attached to an aromatic ring is 1. The molecule has 2 aromatic rings. The first-order valence-corrected chi connectivity index (χ1v) is 8.73. The van der Waals surface area contributed by atoms with Gasteiger partial charge in [0.1, 0.15) is 18.1 Å².